The van der Waals surface area contributed by atoms with Crippen LogP contribution in [0.2, 0.25) is 0 Å². The van der Waals surface area contributed by atoms with Crippen molar-refractivity contribution in [2.24, 2.45) is 0 Å². The lowest BCUT2D eigenvalue weighted by Gasteiger charge is -2.09. The summed E-state index contributed by atoms with van der Waals surface area (Å²) in [5.74, 6) is 5.81. The lowest BCUT2D eigenvalue weighted by Crippen LogP contribution is -2.36. The van der Waals surface area contributed by atoms with Crippen molar-refractivity contribution in [3.63, 3.8) is 0 Å². The van der Waals surface area contributed by atoms with Gasteiger partial charge in [-0.3, -0.25) is 4.79 Å². The van der Waals surface area contributed by atoms with Gasteiger partial charge in [-0.1, -0.05) is 42.2 Å². The van der Waals surface area contributed by atoms with Crippen molar-refractivity contribution in [3.8, 4) is 11.8 Å². The van der Waals surface area contributed by atoms with E-state index in [2.05, 4.69) is 22.5 Å². The minimum absolute atomic E-state index is 0.0432. The van der Waals surface area contributed by atoms with Crippen LogP contribution in [0.15, 0.2) is 54.6 Å². The SMILES string of the molecule is CN(C)C(=O)c1ccc(C#CCNC(=O)NCCc2ccccc2)cc1. The quantitative estimate of drug-likeness (QED) is 0.814. The maximum absolute atomic E-state index is 11.8. The number of nitrogens with one attached hydrogen (secondary N) is 2. The number of hydrogen-bond donors (Lipinski definition) is 2. The first-order valence-corrected chi connectivity index (χ1v) is 8.42. The van der Waals surface area contributed by atoms with Crippen LogP contribution in [0, 0.1) is 11.8 Å². The highest BCUT2D eigenvalue weighted by atomic mass is 16.2. The second-order valence-electron chi connectivity index (χ2n) is 5.92. The van der Waals surface area contributed by atoms with Crippen LogP contribution in [0.4, 0.5) is 4.79 Å². The average molecular weight is 349 g/mol. The first-order valence-electron chi connectivity index (χ1n) is 8.42. The van der Waals surface area contributed by atoms with E-state index in [1.165, 1.54) is 10.5 Å². The molecule has 5 nitrogen and oxygen atoms in total. The zero-order valence-electron chi connectivity index (χ0n) is 15.1. The van der Waals surface area contributed by atoms with Crippen LogP contribution in [0.1, 0.15) is 21.5 Å². The number of amides is 3. The van der Waals surface area contributed by atoms with Gasteiger partial charge < -0.3 is 15.5 Å². The Kier molecular flexibility index (Phi) is 7.26. The second kappa shape index (κ2) is 9.90. The lowest BCUT2D eigenvalue weighted by molar-refractivity contribution is 0.0827. The molecule has 2 rings (SSSR count). The van der Waals surface area contributed by atoms with Crippen LogP contribution in [-0.2, 0) is 6.42 Å². The normalized spacial score (nSPS) is 9.62. The molecule has 0 saturated carbocycles. The van der Waals surface area contributed by atoms with Gasteiger partial charge >= 0.3 is 6.03 Å². The lowest BCUT2D eigenvalue weighted by atomic mass is 10.1. The molecule has 0 unspecified atom stereocenters. The van der Waals surface area contributed by atoms with Gasteiger partial charge in [0.15, 0.2) is 0 Å². The molecule has 0 aliphatic rings. The molecule has 0 saturated heterocycles. The summed E-state index contributed by atoms with van der Waals surface area (Å²) in [6.45, 7) is 0.834. The summed E-state index contributed by atoms with van der Waals surface area (Å²) in [6.07, 6.45) is 0.790. The molecule has 2 aromatic rings. The first kappa shape index (κ1) is 19.1. The fourth-order valence-electron chi connectivity index (χ4n) is 2.25. The maximum atomic E-state index is 11.8. The van der Waals surface area contributed by atoms with E-state index in [-0.39, 0.29) is 18.5 Å². The molecule has 134 valence electrons. The second-order valence-corrected chi connectivity index (χ2v) is 5.92. The zero-order chi connectivity index (χ0) is 18.8. The van der Waals surface area contributed by atoms with Crippen molar-refractivity contribution in [1.82, 2.24) is 15.5 Å². The fraction of sp³-hybridized carbons (Fsp3) is 0.238. The van der Waals surface area contributed by atoms with E-state index in [0.717, 1.165) is 12.0 Å². The predicted molar refractivity (Wildman–Crippen MR) is 103 cm³/mol. The third-order valence-corrected chi connectivity index (χ3v) is 3.65. The van der Waals surface area contributed by atoms with E-state index in [1.54, 1.807) is 38.4 Å². The Morgan fingerprint density at radius 1 is 0.962 bits per heavy atom. The summed E-state index contributed by atoms with van der Waals surface area (Å²) < 4.78 is 0. The molecule has 0 aromatic heterocycles. The van der Waals surface area contributed by atoms with Crippen molar-refractivity contribution < 1.29 is 9.59 Å². The predicted octanol–water partition coefficient (Wildman–Crippen LogP) is 2.28. The summed E-state index contributed by atoms with van der Waals surface area (Å²) in [5, 5.41) is 5.50. The summed E-state index contributed by atoms with van der Waals surface area (Å²) in [6, 6.07) is 16.8. The Balaban J connectivity index is 1.71. The smallest absolute Gasteiger partial charge is 0.315 e. The highest BCUT2D eigenvalue weighted by Crippen LogP contribution is 2.05. The van der Waals surface area contributed by atoms with Crippen LogP contribution in [0.5, 0.6) is 0 Å². The summed E-state index contributed by atoms with van der Waals surface area (Å²) in [5.41, 5.74) is 2.60. The van der Waals surface area contributed by atoms with Gasteiger partial charge in [0.2, 0.25) is 0 Å². The van der Waals surface area contributed by atoms with Crippen molar-refractivity contribution in [2.75, 3.05) is 27.2 Å². The van der Waals surface area contributed by atoms with E-state index in [0.29, 0.717) is 12.1 Å². The van der Waals surface area contributed by atoms with Crippen molar-refractivity contribution >= 4 is 11.9 Å². The number of rotatable bonds is 5. The zero-order valence-corrected chi connectivity index (χ0v) is 15.1. The average Bonchev–Trinajstić information content (AvgIpc) is 2.66. The minimum atomic E-state index is -0.234. The van der Waals surface area contributed by atoms with Crippen molar-refractivity contribution in [1.29, 1.82) is 0 Å². The van der Waals surface area contributed by atoms with E-state index in [1.807, 2.05) is 30.3 Å². The molecular formula is C21H23N3O2. The molecule has 0 spiro atoms. The standard InChI is InChI=1S/C21H23N3O2/c1-24(2)20(25)19-12-10-18(11-13-19)9-6-15-22-21(26)23-16-14-17-7-4-3-5-8-17/h3-5,7-8,10-13H,14-16H2,1-2H3,(H2,22,23,26). The largest absolute Gasteiger partial charge is 0.345 e. The molecule has 0 bridgehead atoms. The van der Waals surface area contributed by atoms with Gasteiger partial charge in [-0.05, 0) is 36.2 Å². The Morgan fingerprint density at radius 3 is 2.31 bits per heavy atom. The van der Waals surface area contributed by atoms with E-state index >= 15 is 0 Å². The summed E-state index contributed by atoms with van der Waals surface area (Å²) in [4.78, 5) is 25.0. The Labute approximate surface area is 154 Å². The Hall–Kier alpha value is -3.26. The molecule has 2 aromatic carbocycles. The molecule has 0 atom stereocenters. The van der Waals surface area contributed by atoms with Crippen molar-refractivity contribution in [3.05, 3.63) is 71.3 Å². The molecule has 5 heteroatoms. The highest BCUT2D eigenvalue weighted by molar-refractivity contribution is 5.93. The van der Waals surface area contributed by atoms with Gasteiger partial charge in [-0.2, -0.15) is 0 Å². The molecule has 2 N–H and O–H groups in total. The van der Waals surface area contributed by atoms with Crippen LogP contribution in [0.25, 0.3) is 0 Å². The van der Waals surface area contributed by atoms with Gasteiger partial charge in [0.25, 0.3) is 5.91 Å². The molecule has 3 amide bonds. The van der Waals surface area contributed by atoms with Crippen LogP contribution in [-0.4, -0.2) is 44.0 Å². The van der Waals surface area contributed by atoms with Gasteiger partial charge in [0, 0.05) is 31.8 Å². The van der Waals surface area contributed by atoms with E-state index < -0.39 is 0 Å². The highest BCUT2D eigenvalue weighted by Gasteiger charge is 2.06. The van der Waals surface area contributed by atoms with Crippen molar-refractivity contribution in [2.45, 2.75) is 6.42 Å². The van der Waals surface area contributed by atoms with Crippen LogP contribution < -0.4 is 10.6 Å². The molecule has 26 heavy (non-hydrogen) atoms. The van der Waals surface area contributed by atoms with Gasteiger partial charge in [0.05, 0.1) is 6.54 Å². The molecular weight excluding hydrogens is 326 g/mol. The summed E-state index contributed by atoms with van der Waals surface area (Å²) >= 11 is 0. The number of nitrogens with zero attached hydrogens (tertiary/aromatic N) is 1. The van der Waals surface area contributed by atoms with Gasteiger partial charge in [0.1, 0.15) is 0 Å². The van der Waals surface area contributed by atoms with Gasteiger partial charge in [-0.15, -0.1) is 0 Å². The Morgan fingerprint density at radius 2 is 1.65 bits per heavy atom. The third kappa shape index (κ3) is 6.33. The van der Waals surface area contributed by atoms with Crippen LogP contribution in [0.3, 0.4) is 0 Å². The topological polar surface area (TPSA) is 61.4 Å². The number of benzene rings is 2. The number of carbonyl (C=O) groups excluding carboxylic acids is 2. The monoisotopic (exact) mass is 349 g/mol. The number of carbonyl (C=O) groups is 2. The summed E-state index contributed by atoms with van der Waals surface area (Å²) in [7, 11) is 3.43. The van der Waals surface area contributed by atoms with E-state index in [4.69, 9.17) is 0 Å². The molecule has 0 heterocycles. The molecule has 0 aliphatic heterocycles. The molecule has 0 aliphatic carbocycles. The van der Waals surface area contributed by atoms with Gasteiger partial charge in [-0.25, -0.2) is 4.79 Å². The number of hydrogen-bond acceptors (Lipinski definition) is 2. The minimum Gasteiger partial charge on any atom is -0.345 e. The fourth-order valence-corrected chi connectivity index (χ4v) is 2.25. The molecule has 0 fully saturated rings. The Bertz CT molecular complexity index is 788. The first-order chi connectivity index (χ1) is 12.6. The maximum Gasteiger partial charge on any atom is 0.315 e. The number of urea groups is 1. The molecule has 0 radical (unpaired) electrons. The van der Waals surface area contributed by atoms with E-state index in [9.17, 15) is 9.59 Å². The van der Waals surface area contributed by atoms with Crippen LogP contribution >= 0.6 is 0 Å². The third-order valence-electron chi connectivity index (χ3n) is 3.65.